The topological polar surface area (TPSA) is 84.4 Å². The van der Waals surface area contributed by atoms with Crippen LogP contribution in [0.25, 0.3) is 5.82 Å². The maximum atomic E-state index is 12.9. The van der Waals surface area contributed by atoms with E-state index in [2.05, 4.69) is 10.3 Å². The van der Waals surface area contributed by atoms with Gasteiger partial charge in [0, 0.05) is 37.0 Å². The third-order valence-electron chi connectivity index (χ3n) is 4.67. The third kappa shape index (κ3) is 3.20. The van der Waals surface area contributed by atoms with Crippen molar-refractivity contribution in [3.8, 4) is 5.82 Å². The lowest BCUT2D eigenvalue weighted by molar-refractivity contribution is -0.250. The van der Waals surface area contributed by atoms with Gasteiger partial charge in [-0.2, -0.15) is 18.3 Å². The molecule has 3 heterocycles. The molecule has 1 fully saturated rings. The predicted molar refractivity (Wildman–Crippen MR) is 83.6 cm³/mol. The van der Waals surface area contributed by atoms with E-state index in [1.807, 2.05) is 6.07 Å². The zero-order chi connectivity index (χ0) is 19.1. The molecule has 26 heavy (non-hydrogen) atoms. The number of aromatic nitrogens is 3. The summed E-state index contributed by atoms with van der Waals surface area (Å²) < 4.78 is 45.2. The largest absolute Gasteiger partial charge is 0.426 e. The number of rotatable bonds is 3. The van der Waals surface area contributed by atoms with Crippen molar-refractivity contribution in [2.45, 2.75) is 44.4 Å². The molecule has 1 atom stereocenters. The lowest BCUT2D eigenvalue weighted by atomic mass is 9.92. The minimum absolute atomic E-state index is 0.00870. The molecule has 10 heteroatoms. The van der Waals surface area contributed by atoms with Crippen molar-refractivity contribution >= 4 is 5.91 Å². The Bertz CT molecular complexity index is 789. The number of hydrogen-bond acceptors (Lipinski definition) is 5. The van der Waals surface area contributed by atoms with E-state index in [4.69, 9.17) is 4.52 Å². The molecule has 3 rings (SSSR count). The Morgan fingerprint density at radius 1 is 1.35 bits per heavy atom. The second kappa shape index (κ2) is 6.42. The highest BCUT2D eigenvalue weighted by Gasteiger charge is 2.57. The van der Waals surface area contributed by atoms with Gasteiger partial charge in [0.05, 0.1) is 0 Å². The molecule has 0 radical (unpaired) electrons. The van der Waals surface area contributed by atoms with Gasteiger partial charge in [-0.3, -0.25) is 4.79 Å². The Kier molecular flexibility index (Phi) is 4.55. The summed E-state index contributed by atoms with van der Waals surface area (Å²) in [6.07, 6.45) is -2.47. The average Bonchev–Trinajstić information content (AvgIpc) is 3.21. The van der Waals surface area contributed by atoms with E-state index in [1.165, 1.54) is 0 Å². The Balaban J connectivity index is 1.70. The number of piperidine rings is 1. The first-order valence-electron chi connectivity index (χ1n) is 8.17. The van der Waals surface area contributed by atoms with Gasteiger partial charge < -0.3 is 14.5 Å². The SMILES string of the molecule is Cc1cc(-n2nccc2C2CCN(C(=O)[C@@](C)(O)C(F)(F)F)CC2)no1. The first-order chi connectivity index (χ1) is 12.1. The molecule has 0 aromatic carbocycles. The normalized spacial score (nSPS) is 18.8. The number of hydrogen-bond donors (Lipinski definition) is 1. The van der Waals surface area contributed by atoms with Crippen LogP contribution in [-0.2, 0) is 4.79 Å². The molecule has 0 saturated carbocycles. The smallest absolute Gasteiger partial charge is 0.373 e. The van der Waals surface area contributed by atoms with Gasteiger partial charge in [0.15, 0.2) is 5.82 Å². The third-order valence-corrected chi connectivity index (χ3v) is 4.67. The van der Waals surface area contributed by atoms with Gasteiger partial charge in [0.2, 0.25) is 5.60 Å². The molecule has 0 bridgehead atoms. The fourth-order valence-electron chi connectivity index (χ4n) is 3.07. The Morgan fingerprint density at radius 2 is 2.00 bits per heavy atom. The summed E-state index contributed by atoms with van der Waals surface area (Å²) in [5, 5.41) is 17.7. The van der Waals surface area contributed by atoms with E-state index in [-0.39, 0.29) is 19.0 Å². The van der Waals surface area contributed by atoms with Crippen molar-refractivity contribution in [3.05, 3.63) is 29.8 Å². The fraction of sp³-hybridized carbons (Fsp3) is 0.562. The van der Waals surface area contributed by atoms with Crippen LogP contribution in [0.2, 0.25) is 0 Å². The number of carbonyl (C=O) groups excluding carboxylic acids is 1. The van der Waals surface area contributed by atoms with E-state index in [0.29, 0.717) is 31.3 Å². The predicted octanol–water partition coefficient (Wildman–Crippen LogP) is 2.19. The van der Waals surface area contributed by atoms with Crippen LogP contribution in [0.3, 0.4) is 0 Å². The maximum Gasteiger partial charge on any atom is 0.426 e. The molecule has 1 amide bonds. The van der Waals surface area contributed by atoms with Crippen molar-refractivity contribution in [1.82, 2.24) is 19.8 Å². The van der Waals surface area contributed by atoms with Gasteiger partial charge in [-0.15, -0.1) is 0 Å². The summed E-state index contributed by atoms with van der Waals surface area (Å²) in [5.74, 6) is -0.143. The van der Waals surface area contributed by atoms with Crippen LogP contribution in [0.5, 0.6) is 0 Å². The van der Waals surface area contributed by atoms with Gasteiger partial charge >= 0.3 is 6.18 Å². The van der Waals surface area contributed by atoms with E-state index >= 15 is 0 Å². The highest BCUT2D eigenvalue weighted by Crippen LogP contribution is 2.34. The van der Waals surface area contributed by atoms with Gasteiger partial charge in [0.1, 0.15) is 5.76 Å². The number of aliphatic hydroxyl groups is 1. The van der Waals surface area contributed by atoms with E-state index in [1.54, 1.807) is 23.9 Å². The lowest BCUT2D eigenvalue weighted by Gasteiger charge is -2.36. The molecule has 7 nitrogen and oxygen atoms in total. The van der Waals surface area contributed by atoms with Crippen molar-refractivity contribution in [3.63, 3.8) is 0 Å². The Labute approximate surface area is 147 Å². The van der Waals surface area contributed by atoms with Crippen molar-refractivity contribution < 1.29 is 27.6 Å². The van der Waals surface area contributed by atoms with Gasteiger partial charge in [-0.05, 0) is 32.8 Å². The maximum absolute atomic E-state index is 12.9. The molecule has 0 aliphatic carbocycles. The van der Waals surface area contributed by atoms with Crippen LogP contribution in [0.15, 0.2) is 22.9 Å². The minimum atomic E-state index is -5.01. The first kappa shape index (κ1) is 18.4. The summed E-state index contributed by atoms with van der Waals surface area (Å²) in [6, 6.07) is 3.55. The van der Waals surface area contributed by atoms with Crippen LogP contribution in [0.4, 0.5) is 13.2 Å². The second-order valence-corrected chi connectivity index (χ2v) is 6.60. The fourth-order valence-corrected chi connectivity index (χ4v) is 3.07. The van der Waals surface area contributed by atoms with E-state index < -0.39 is 17.7 Å². The second-order valence-electron chi connectivity index (χ2n) is 6.60. The monoisotopic (exact) mass is 372 g/mol. The number of aryl methyl sites for hydroxylation is 1. The Morgan fingerprint density at radius 3 is 2.54 bits per heavy atom. The van der Waals surface area contributed by atoms with Crippen LogP contribution in [0, 0.1) is 6.92 Å². The first-order valence-corrected chi connectivity index (χ1v) is 8.17. The zero-order valence-corrected chi connectivity index (χ0v) is 14.3. The van der Waals surface area contributed by atoms with Gasteiger partial charge in [-0.25, -0.2) is 4.68 Å². The summed E-state index contributed by atoms with van der Waals surface area (Å²) in [5.41, 5.74) is -2.52. The van der Waals surface area contributed by atoms with E-state index in [9.17, 15) is 23.1 Å². The van der Waals surface area contributed by atoms with Crippen molar-refractivity contribution in [2.75, 3.05) is 13.1 Å². The number of carbonyl (C=O) groups is 1. The highest BCUT2D eigenvalue weighted by atomic mass is 19.4. The minimum Gasteiger partial charge on any atom is -0.373 e. The number of alkyl halides is 3. The molecule has 142 valence electrons. The molecular formula is C16H19F3N4O3. The molecule has 2 aromatic heterocycles. The molecule has 2 aromatic rings. The highest BCUT2D eigenvalue weighted by molar-refractivity contribution is 5.85. The molecule has 1 saturated heterocycles. The summed E-state index contributed by atoms with van der Waals surface area (Å²) >= 11 is 0. The molecule has 1 N–H and O–H groups in total. The molecule has 0 unspecified atom stereocenters. The molecular weight excluding hydrogens is 353 g/mol. The van der Waals surface area contributed by atoms with Crippen LogP contribution < -0.4 is 0 Å². The quantitative estimate of drug-likeness (QED) is 0.893. The van der Waals surface area contributed by atoms with Crippen molar-refractivity contribution in [2.24, 2.45) is 0 Å². The zero-order valence-electron chi connectivity index (χ0n) is 14.3. The summed E-state index contributed by atoms with van der Waals surface area (Å²) in [4.78, 5) is 13.1. The van der Waals surface area contributed by atoms with Gasteiger partial charge in [-0.1, -0.05) is 5.16 Å². The van der Waals surface area contributed by atoms with Crippen molar-refractivity contribution in [1.29, 1.82) is 0 Å². The standard InChI is InChI=1S/C16H19F3N4O3/c1-10-9-13(21-26-10)23-12(3-6-20-23)11-4-7-22(8-5-11)14(24)15(2,25)16(17,18)19/h3,6,9,11,25H,4-5,7-8H2,1-2H3/t15-/m1/s1. The molecule has 1 aliphatic rings. The summed E-state index contributed by atoms with van der Waals surface area (Å²) in [6.45, 7) is 2.50. The number of amides is 1. The number of halogens is 3. The lowest BCUT2D eigenvalue weighted by Crippen LogP contribution is -2.57. The molecule has 0 spiro atoms. The van der Waals surface area contributed by atoms with Crippen LogP contribution in [-0.4, -0.2) is 55.7 Å². The molecule has 1 aliphatic heterocycles. The van der Waals surface area contributed by atoms with Crippen LogP contribution in [0.1, 0.15) is 37.1 Å². The van der Waals surface area contributed by atoms with Gasteiger partial charge in [0.25, 0.3) is 5.91 Å². The van der Waals surface area contributed by atoms with Crippen LogP contribution >= 0.6 is 0 Å². The number of likely N-dealkylation sites (tertiary alicyclic amines) is 1. The Hall–Kier alpha value is -2.36. The average molecular weight is 372 g/mol. The van der Waals surface area contributed by atoms with E-state index in [0.717, 1.165) is 10.6 Å². The number of nitrogens with zero attached hydrogens (tertiary/aromatic N) is 4. The summed E-state index contributed by atoms with van der Waals surface area (Å²) in [7, 11) is 0.